The summed E-state index contributed by atoms with van der Waals surface area (Å²) < 4.78 is 11.2. The van der Waals surface area contributed by atoms with Crippen LogP contribution in [0.15, 0.2) is 53.9 Å². The number of carbonyl (C=O) groups excluding carboxylic acids is 1. The molecule has 1 aliphatic rings. The largest absolute Gasteiger partial charge is 0.461 e. The fraction of sp³-hybridized carbons (Fsp3) is 0.316. The molecule has 0 bridgehead atoms. The van der Waals surface area contributed by atoms with Gasteiger partial charge in [0.05, 0.1) is 36.1 Å². The van der Waals surface area contributed by atoms with Crippen molar-refractivity contribution < 1.29 is 14.3 Å². The van der Waals surface area contributed by atoms with Crippen molar-refractivity contribution >= 4 is 28.7 Å². The summed E-state index contributed by atoms with van der Waals surface area (Å²) in [4.78, 5) is 31.3. The number of rotatable bonds is 6. The summed E-state index contributed by atoms with van der Waals surface area (Å²) >= 11 is 1.39. The molecule has 144 valence electrons. The molecule has 3 aromatic rings. The van der Waals surface area contributed by atoms with Crippen molar-refractivity contribution in [3.05, 3.63) is 48.9 Å². The second-order valence-electron chi connectivity index (χ2n) is 6.16. The Kier molecular flexibility index (Phi) is 5.93. The van der Waals surface area contributed by atoms with Gasteiger partial charge in [0, 0.05) is 18.9 Å². The molecule has 0 N–H and O–H groups in total. The number of hydrogen-bond acceptors (Lipinski definition) is 8. The number of fused-ring (bicyclic) bond motifs is 1. The molecular weight excluding hydrogens is 378 g/mol. The first-order chi connectivity index (χ1) is 13.8. The summed E-state index contributed by atoms with van der Waals surface area (Å²) in [6.45, 7) is 1.84. The number of thioether (sulfide) groups is 1. The van der Waals surface area contributed by atoms with Gasteiger partial charge in [-0.3, -0.25) is 9.78 Å². The standard InChI is InChI=1S/C19H19N5O3S/c25-18(13-28-17-10-22-15-4-1-2-5-16(15)23-17)24-8-9-26-14(11-24)12-27-19-20-6-3-7-21-19/h1-7,10,14H,8-9,11-13H2. The number of amides is 1. The fourth-order valence-electron chi connectivity index (χ4n) is 2.81. The third-order valence-corrected chi connectivity index (χ3v) is 5.09. The van der Waals surface area contributed by atoms with Crippen LogP contribution in [0.1, 0.15) is 0 Å². The number of morpholine rings is 1. The van der Waals surface area contributed by atoms with Crippen LogP contribution in [-0.4, -0.2) is 68.9 Å². The Bertz CT molecular complexity index is 943. The van der Waals surface area contributed by atoms with Crippen molar-refractivity contribution in [2.45, 2.75) is 11.1 Å². The van der Waals surface area contributed by atoms with Crippen LogP contribution in [0.2, 0.25) is 0 Å². The van der Waals surface area contributed by atoms with Crippen molar-refractivity contribution in [1.82, 2.24) is 24.8 Å². The van der Waals surface area contributed by atoms with Gasteiger partial charge in [-0.15, -0.1) is 0 Å². The number of nitrogens with zero attached hydrogens (tertiary/aromatic N) is 5. The highest BCUT2D eigenvalue weighted by Crippen LogP contribution is 2.19. The molecule has 1 aromatic carbocycles. The van der Waals surface area contributed by atoms with Gasteiger partial charge < -0.3 is 14.4 Å². The van der Waals surface area contributed by atoms with E-state index in [1.165, 1.54) is 11.8 Å². The van der Waals surface area contributed by atoms with E-state index in [1.807, 2.05) is 24.3 Å². The number of aromatic nitrogens is 4. The first kappa shape index (κ1) is 18.6. The summed E-state index contributed by atoms with van der Waals surface area (Å²) in [6, 6.07) is 9.71. The molecule has 1 unspecified atom stereocenters. The highest BCUT2D eigenvalue weighted by Gasteiger charge is 2.25. The molecule has 1 amide bonds. The Balaban J connectivity index is 1.28. The molecule has 1 fully saturated rings. The van der Waals surface area contributed by atoms with E-state index in [0.717, 1.165) is 16.1 Å². The normalized spacial score (nSPS) is 16.9. The molecule has 1 atom stereocenters. The van der Waals surface area contributed by atoms with Crippen LogP contribution >= 0.6 is 11.8 Å². The van der Waals surface area contributed by atoms with E-state index in [1.54, 1.807) is 29.6 Å². The van der Waals surface area contributed by atoms with E-state index in [0.29, 0.717) is 38.1 Å². The topological polar surface area (TPSA) is 90.3 Å². The summed E-state index contributed by atoms with van der Waals surface area (Å²) in [6.07, 6.45) is 4.74. The molecule has 2 aromatic heterocycles. The maximum atomic E-state index is 12.6. The van der Waals surface area contributed by atoms with Crippen LogP contribution in [-0.2, 0) is 9.53 Å². The minimum atomic E-state index is -0.202. The summed E-state index contributed by atoms with van der Waals surface area (Å²) in [5.41, 5.74) is 1.67. The van der Waals surface area contributed by atoms with Gasteiger partial charge in [0.25, 0.3) is 0 Å². The lowest BCUT2D eigenvalue weighted by molar-refractivity contribution is -0.137. The number of carbonyl (C=O) groups is 1. The monoisotopic (exact) mass is 397 g/mol. The lowest BCUT2D eigenvalue weighted by Crippen LogP contribution is -2.48. The smallest absolute Gasteiger partial charge is 0.316 e. The lowest BCUT2D eigenvalue weighted by Gasteiger charge is -2.32. The molecule has 3 heterocycles. The van der Waals surface area contributed by atoms with E-state index < -0.39 is 0 Å². The molecule has 9 heteroatoms. The zero-order valence-electron chi connectivity index (χ0n) is 15.1. The first-order valence-corrected chi connectivity index (χ1v) is 9.90. The van der Waals surface area contributed by atoms with Crippen LogP contribution < -0.4 is 4.74 Å². The van der Waals surface area contributed by atoms with Gasteiger partial charge >= 0.3 is 6.01 Å². The van der Waals surface area contributed by atoms with E-state index >= 15 is 0 Å². The van der Waals surface area contributed by atoms with Gasteiger partial charge in [-0.1, -0.05) is 23.9 Å². The Morgan fingerprint density at radius 2 is 2.00 bits per heavy atom. The second kappa shape index (κ2) is 8.94. The lowest BCUT2D eigenvalue weighted by atomic mass is 10.3. The van der Waals surface area contributed by atoms with Crippen LogP contribution in [0, 0.1) is 0 Å². The Morgan fingerprint density at radius 3 is 2.86 bits per heavy atom. The van der Waals surface area contributed by atoms with E-state index in [4.69, 9.17) is 9.47 Å². The number of benzene rings is 1. The summed E-state index contributed by atoms with van der Waals surface area (Å²) in [7, 11) is 0. The predicted octanol–water partition coefficient (Wildman–Crippen LogP) is 1.82. The maximum Gasteiger partial charge on any atom is 0.316 e. The third kappa shape index (κ3) is 4.73. The quantitative estimate of drug-likeness (QED) is 0.582. The van der Waals surface area contributed by atoms with Crippen molar-refractivity contribution in [1.29, 1.82) is 0 Å². The van der Waals surface area contributed by atoms with Crippen molar-refractivity contribution in [3.8, 4) is 6.01 Å². The Labute approximate surface area is 166 Å². The van der Waals surface area contributed by atoms with Crippen LogP contribution in [0.5, 0.6) is 6.01 Å². The highest BCUT2D eigenvalue weighted by molar-refractivity contribution is 7.99. The minimum absolute atomic E-state index is 0.0456. The average molecular weight is 397 g/mol. The van der Waals surface area contributed by atoms with Crippen molar-refractivity contribution in [2.75, 3.05) is 32.1 Å². The minimum Gasteiger partial charge on any atom is -0.461 e. The highest BCUT2D eigenvalue weighted by atomic mass is 32.2. The average Bonchev–Trinajstić information content (AvgIpc) is 2.77. The zero-order valence-corrected chi connectivity index (χ0v) is 15.9. The second-order valence-corrected chi connectivity index (χ2v) is 7.16. The maximum absolute atomic E-state index is 12.6. The van der Waals surface area contributed by atoms with Gasteiger partial charge in [0.1, 0.15) is 17.7 Å². The third-order valence-electron chi connectivity index (χ3n) is 4.20. The first-order valence-electron chi connectivity index (χ1n) is 8.92. The number of hydrogen-bond donors (Lipinski definition) is 0. The van der Waals surface area contributed by atoms with Crippen molar-refractivity contribution in [3.63, 3.8) is 0 Å². The molecule has 0 radical (unpaired) electrons. The Morgan fingerprint density at radius 1 is 1.18 bits per heavy atom. The Hall–Kier alpha value is -2.78. The molecular formula is C19H19N5O3S. The molecule has 1 aliphatic heterocycles. The number of ether oxygens (including phenoxy) is 2. The molecule has 0 aliphatic carbocycles. The van der Waals surface area contributed by atoms with Crippen LogP contribution in [0.25, 0.3) is 11.0 Å². The summed E-state index contributed by atoms with van der Waals surface area (Å²) in [5.74, 6) is 0.354. The van der Waals surface area contributed by atoms with E-state index in [2.05, 4.69) is 19.9 Å². The molecule has 0 saturated carbocycles. The van der Waals surface area contributed by atoms with Crippen molar-refractivity contribution in [2.24, 2.45) is 0 Å². The van der Waals surface area contributed by atoms with Gasteiger partial charge in [0.15, 0.2) is 0 Å². The van der Waals surface area contributed by atoms with Crippen LogP contribution in [0.4, 0.5) is 0 Å². The zero-order chi connectivity index (χ0) is 19.2. The SMILES string of the molecule is O=C(CSc1cnc2ccccc2n1)N1CCOC(COc2ncccn2)C1. The molecule has 28 heavy (non-hydrogen) atoms. The van der Waals surface area contributed by atoms with Gasteiger partial charge in [0.2, 0.25) is 5.91 Å². The molecule has 0 spiro atoms. The van der Waals surface area contributed by atoms with Gasteiger partial charge in [-0.05, 0) is 18.2 Å². The summed E-state index contributed by atoms with van der Waals surface area (Å²) in [5, 5.41) is 0.737. The molecule has 4 rings (SSSR count). The van der Waals surface area contributed by atoms with E-state index in [9.17, 15) is 4.79 Å². The molecule has 1 saturated heterocycles. The van der Waals surface area contributed by atoms with Crippen LogP contribution in [0.3, 0.4) is 0 Å². The number of para-hydroxylation sites is 2. The fourth-order valence-corrected chi connectivity index (χ4v) is 3.55. The molecule has 8 nitrogen and oxygen atoms in total. The van der Waals surface area contributed by atoms with Gasteiger partial charge in [-0.2, -0.15) is 0 Å². The van der Waals surface area contributed by atoms with Gasteiger partial charge in [-0.25, -0.2) is 15.0 Å². The van der Waals surface area contributed by atoms with E-state index in [-0.39, 0.29) is 12.0 Å². The predicted molar refractivity (Wildman–Crippen MR) is 104 cm³/mol.